The van der Waals surface area contributed by atoms with E-state index in [1.165, 1.54) is 0 Å². The van der Waals surface area contributed by atoms with Gasteiger partial charge in [0.25, 0.3) is 0 Å². The molecule has 0 bridgehead atoms. The summed E-state index contributed by atoms with van der Waals surface area (Å²) in [6.07, 6.45) is 1.15. The predicted octanol–water partition coefficient (Wildman–Crippen LogP) is 0.885. The summed E-state index contributed by atoms with van der Waals surface area (Å²) in [4.78, 5) is 10.6. The van der Waals surface area contributed by atoms with Crippen molar-refractivity contribution in [1.29, 1.82) is 0 Å². The van der Waals surface area contributed by atoms with E-state index in [1.54, 1.807) is 6.92 Å². The van der Waals surface area contributed by atoms with Crippen molar-refractivity contribution in [1.82, 2.24) is 9.89 Å². The minimum absolute atomic E-state index is 0.303. The van der Waals surface area contributed by atoms with Crippen molar-refractivity contribution in [2.24, 2.45) is 0 Å². The van der Waals surface area contributed by atoms with Crippen molar-refractivity contribution < 1.29 is 5.03 Å². The molecule has 0 aromatic carbocycles. The first-order chi connectivity index (χ1) is 4.61. The van der Waals surface area contributed by atoms with Crippen LogP contribution in [-0.2, 0) is 0 Å². The van der Waals surface area contributed by atoms with Gasteiger partial charge in [-0.25, -0.2) is 0 Å². The Bertz CT molecular complexity index is 250. The van der Waals surface area contributed by atoms with Gasteiger partial charge in [0.15, 0.2) is 5.69 Å². The fourth-order valence-corrected chi connectivity index (χ4v) is 0.634. The van der Waals surface area contributed by atoms with Crippen molar-refractivity contribution in [2.75, 3.05) is 0 Å². The largest absolute Gasteiger partial charge is 0.339 e. The maximum atomic E-state index is 10.0. The first-order valence-electron chi connectivity index (χ1n) is 2.47. The fourth-order valence-electron chi connectivity index (χ4n) is 0.509. The Morgan fingerprint density at radius 3 is 2.70 bits per heavy atom. The van der Waals surface area contributed by atoms with Crippen LogP contribution in [-0.4, -0.2) is 14.9 Å². The second-order valence-corrected chi connectivity index (χ2v) is 2.13. The highest BCUT2D eigenvalue weighted by Crippen LogP contribution is 2.10. The van der Waals surface area contributed by atoms with Crippen LogP contribution < -0.4 is 0 Å². The van der Waals surface area contributed by atoms with Gasteiger partial charge in [0.2, 0.25) is 0 Å². The van der Waals surface area contributed by atoms with Crippen LogP contribution >= 0.6 is 11.6 Å². The first kappa shape index (κ1) is 7.01. The Kier molecular flexibility index (Phi) is 1.58. The zero-order valence-corrected chi connectivity index (χ0v) is 5.87. The third kappa shape index (κ3) is 1.08. The maximum absolute atomic E-state index is 10.0. The average Bonchev–Trinajstić information content (AvgIpc) is 2.13. The van der Waals surface area contributed by atoms with Gasteiger partial charge in [0.1, 0.15) is 11.2 Å². The van der Waals surface area contributed by atoms with Gasteiger partial charge in [0, 0.05) is 16.8 Å². The highest BCUT2D eigenvalue weighted by molar-refractivity contribution is 6.31. The molecule has 0 fully saturated rings. The molecule has 0 amide bonds. The molecule has 1 rings (SSSR count). The SMILES string of the molecule is Cc1nn([N+](=O)[O-])cc1Cl. The van der Waals surface area contributed by atoms with Gasteiger partial charge < -0.3 is 10.1 Å². The van der Waals surface area contributed by atoms with Crippen LogP contribution in [0.25, 0.3) is 0 Å². The van der Waals surface area contributed by atoms with Crippen molar-refractivity contribution >= 4 is 11.6 Å². The van der Waals surface area contributed by atoms with Gasteiger partial charge in [-0.2, -0.15) is 0 Å². The van der Waals surface area contributed by atoms with Gasteiger partial charge in [-0.15, -0.1) is 0 Å². The summed E-state index contributed by atoms with van der Waals surface area (Å²) in [6.45, 7) is 1.60. The first-order valence-corrected chi connectivity index (χ1v) is 2.85. The van der Waals surface area contributed by atoms with E-state index < -0.39 is 5.03 Å². The minimum Gasteiger partial charge on any atom is -0.339 e. The molecule has 0 aliphatic rings. The molecule has 0 unspecified atom stereocenters. The normalized spacial score (nSPS) is 9.80. The second-order valence-electron chi connectivity index (χ2n) is 1.72. The minimum atomic E-state index is -0.654. The van der Waals surface area contributed by atoms with Crippen molar-refractivity contribution in [3.8, 4) is 0 Å². The van der Waals surface area contributed by atoms with E-state index >= 15 is 0 Å². The van der Waals surface area contributed by atoms with E-state index in [0.717, 1.165) is 6.20 Å². The molecule has 0 atom stereocenters. The number of rotatable bonds is 1. The molecule has 0 saturated carbocycles. The van der Waals surface area contributed by atoms with Crippen molar-refractivity contribution in [3.63, 3.8) is 0 Å². The standard InChI is InChI=1S/C4H4ClN3O2/c1-3-4(5)2-7(6-3)8(9)10/h2H,1H3. The lowest BCUT2D eigenvalue weighted by molar-refractivity contribution is -0.552. The second kappa shape index (κ2) is 2.26. The smallest absolute Gasteiger partial charge is 0.195 e. The van der Waals surface area contributed by atoms with Crippen LogP contribution in [0.1, 0.15) is 5.69 Å². The monoisotopic (exact) mass is 161 g/mol. The van der Waals surface area contributed by atoms with E-state index in [0.29, 0.717) is 15.5 Å². The van der Waals surface area contributed by atoms with E-state index in [4.69, 9.17) is 11.6 Å². The summed E-state index contributed by atoms with van der Waals surface area (Å²) in [6, 6.07) is 0. The van der Waals surface area contributed by atoms with Crippen LogP contribution in [0.15, 0.2) is 6.20 Å². The quantitative estimate of drug-likeness (QED) is 0.454. The van der Waals surface area contributed by atoms with Gasteiger partial charge in [-0.3, -0.25) is 0 Å². The molecule has 0 saturated heterocycles. The molecule has 1 aromatic heterocycles. The van der Waals surface area contributed by atoms with Gasteiger partial charge >= 0.3 is 0 Å². The number of aromatic nitrogens is 2. The molecule has 0 radical (unpaired) electrons. The van der Waals surface area contributed by atoms with E-state index in [-0.39, 0.29) is 0 Å². The van der Waals surface area contributed by atoms with Crippen LogP contribution in [0.4, 0.5) is 0 Å². The summed E-state index contributed by atoms with van der Waals surface area (Å²) in [5.74, 6) is 0. The van der Waals surface area contributed by atoms with Gasteiger partial charge in [-0.1, -0.05) is 11.6 Å². The van der Waals surface area contributed by atoms with Gasteiger partial charge in [0.05, 0.1) is 5.03 Å². The Morgan fingerprint density at radius 2 is 2.50 bits per heavy atom. The molecule has 0 spiro atoms. The average molecular weight is 162 g/mol. The lowest BCUT2D eigenvalue weighted by Gasteiger charge is -1.86. The third-order valence-corrected chi connectivity index (χ3v) is 1.37. The lowest BCUT2D eigenvalue weighted by Crippen LogP contribution is -2.08. The highest BCUT2D eigenvalue weighted by atomic mass is 35.5. The summed E-state index contributed by atoms with van der Waals surface area (Å²) in [7, 11) is 0. The molecule has 0 aliphatic heterocycles. The van der Waals surface area contributed by atoms with E-state index in [2.05, 4.69) is 5.10 Å². The number of nitrogens with zero attached hydrogens (tertiary/aromatic N) is 3. The maximum Gasteiger partial charge on any atom is 0.195 e. The Hall–Kier alpha value is -1.10. The van der Waals surface area contributed by atoms with E-state index in [1.807, 2.05) is 0 Å². The summed E-state index contributed by atoms with van der Waals surface area (Å²) < 4.78 is 0. The van der Waals surface area contributed by atoms with E-state index in [9.17, 15) is 10.1 Å². The van der Waals surface area contributed by atoms with Crippen molar-refractivity contribution in [3.05, 3.63) is 27.0 Å². The lowest BCUT2D eigenvalue weighted by atomic mass is 10.5. The number of hydrogen-bond acceptors (Lipinski definition) is 3. The molecule has 1 aromatic rings. The summed E-state index contributed by atoms with van der Waals surface area (Å²) in [5.41, 5.74) is 0.457. The Labute approximate surface area is 61.3 Å². The van der Waals surface area contributed by atoms with Crippen molar-refractivity contribution in [2.45, 2.75) is 6.92 Å². The van der Waals surface area contributed by atoms with Crippen LogP contribution in [0.3, 0.4) is 0 Å². The van der Waals surface area contributed by atoms with Crippen LogP contribution in [0, 0.1) is 17.0 Å². The predicted molar refractivity (Wildman–Crippen MR) is 34.4 cm³/mol. The number of halogens is 1. The third-order valence-electron chi connectivity index (χ3n) is 0.994. The number of nitro groups is 1. The fraction of sp³-hybridized carbons (Fsp3) is 0.250. The Balaban J connectivity index is 3.10. The molecule has 0 N–H and O–H groups in total. The zero-order valence-electron chi connectivity index (χ0n) is 5.11. The topological polar surface area (TPSA) is 61.0 Å². The Morgan fingerprint density at radius 1 is 1.90 bits per heavy atom. The van der Waals surface area contributed by atoms with Crippen LogP contribution in [0.2, 0.25) is 5.02 Å². The molecular formula is C4H4ClN3O2. The summed E-state index contributed by atoms with van der Waals surface area (Å²) in [5, 5.41) is 13.2. The molecule has 10 heavy (non-hydrogen) atoms. The molecule has 6 heteroatoms. The zero-order chi connectivity index (χ0) is 7.72. The molecular weight excluding hydrogens is 158 g/mol. The highest BCUT2D eigenvalue weighted by Gasteiger charge is 2.10. The summed E-state index contributed by atoms with van der Waals surface area (Å²) >= 11 is 5.49. The molecule has 0 aliphatic carbocycles. The number of hydrogen-bond donors (Lipinski definition) is 0. The molecule has 5 nitrogen and oxygen atoms in total. The molecule has 54 valence electrons. The van der Waals surface area contributed by atoms with Gasteiger partial charge in [-0.05, 0) is 0 Å². The molecule has 1 heterocycles. The van der Waals surface area contributed by atoms with Crippen LogP contribution in [0.5, 0.6) is 0 Å². The number of aryl methyl sites for hydroxylation is 1.